The van der Waals surface area contributed by atoms with Gasteiger partial charge in [0.05, 0.1) is 11.7 Å². The van der Waals surface area contributed by atoms with Crippen molar-refractivity contribution in [2.75, 3.05) is 13.2 Å². The normalized spacial score (nSPS) is 17.5. The van der Waals surface area contributed by atoms with E-state index in [0.29, 0.717) is 12.0 Å². The molecule has 1 fully saturated rings. The lowest BCUT2D eigenvalue weighted by Crippen LogP contribution is -2.33. The quantitative estimate of drug-likeness (QED) is 0.884. The molecule has 2 aromatic rings. The van der Waals surface area contributed by atoms with Crippen molar-refractivity contribution in [2.45, 2.75) is 52.2 Å². The van der Waals surface area contributed by atoms with E-state index in [1.54, 1.807) is 0 Å². The van der Waals surface area contributed by atoms with Gasteiger partial charge in [0.2, 0.25) is 0 Å². The molecule has 2 aromatic heterocycles. The number of nitrogens with one attached hydrogen (secondary N) is 1. The zero-order valence-electron chi connectivity index (χ0n) is 15.2. The molecule has 1 atom stereocenters. The maximum Gasteiger partial charge on any atom is 0.125 e. The molecule has 0 aliphatic carbocycles. The molecule has 0 aromatic carbocycles. The first-order valence-corrected chi connectivity index (χ1v) is 8.89. The van der Waals surface area contributed by atoms with Gasteiger partial charge in [0.15, 0.2) is 0 Å². The van der Waals surface area contributed by atoms with Gasteiger partial charge < -0.3 is 14.6 Å². The van der Waals surface area contributed by atoms with E-state index in [2.05, 4.69) is 54.0 Å². The van der Waals surface area contributed by atoms with E-state index >= 15 is 0 Å². The van der Waals surface area contributed by atoms with Crippen LogP contribution in [0.4, 0.5) is 0 Å². The van der Waals surface area contributed by atoms with Gasteiger partial charge in [0, 0.05) is 57.0 Å². The molecular weight excluding hydrogens is 302 g/mol. The van der Waals surface area contributed by atoms with Crippen LogP contribution in [0.25, 0.3) is 0 Å². The van der Waals surface area contributed by atoms with Gasteiger partial charge in [-0.05, 0) is 39.5 Å². The molecule has 0 saturated carbocycles. The predicted octanol–water partition coefficient (Wildman–Crippen LogP) is 2.76. The Hall–Kier alpha value is -1.66. The Bertz CT molecular complexity index is 654. The summed E-state index contributed by atoms with van der Waals surface area (Å²) in [5.41, 5.74) is 2.36. The fourth-order valence-corrected chi connectivity index (χ4v) is 3.37. The van der Waals surface area contributed by atoms with E-state index in [1.807, 2.05) is 17.1 Å². The molecule has 1 aliphatic heterocycles. The molecule has 6 nitrogen and oxygen atoms in total. The fourth-order valence-electron chi connectivity index (χ4n) is 3.37. The summed E-state index contributed by atoms with van der Waals surface area (Å²) in [5, 5.41) is 8.37. The van der Waals surface area contributed by atoms with Crippen LogP contribution < -0.4 is 5.32 Å². The van der Waals surface area contributed by atoms with Crippen molar-refractivity contribution in [3.63, 3.8) is 0 Å². The monoisotopic (exact) mass is 331 g/mol. The minimum absolute atomic E-state index is 0.246. The van der Waals surface area contributed by atoms with E-state index < -0.39 is 0 Å². The Balaban J connectivity index is 1.76. The van der Waals surface area contributed by atoms with E-state index in [4.69, 9.17) is 4.74 Å². The molecule has 132 valence electrons. The summed E-state index contributed by atoms with van der Waals surface area (Å²) in [6.45, 7) is 8.90. The molecule has 0 radical (unpaired) electrons. The summed E-state index contributed by atoms with van der Waals surface area (Å²) < 4.78 is 9.70. The smallest absolute Gasteiger partial charge is 0.125 e. The molecule has 1 aliphatic rings. The third-order valence-electron chi connectivity index (χ3n) is 4.93. The Morgan fingerprint density at radius 1 is 1.33 bits per heavy atom. The second kappa shape index (κ2) is 7.49. The van der Waals surface area contributed by atoms with E-state index in [9.17, 15) is 0 Å². The lowest BCUT2D eigenvalue weighted by atomic mass is 9.91. The fraction of sp³-hybridized carbons (Fsp3) is 0.667. The molecule has 0 spiro atoms. The maximum absolute atomic E-state index is 5.54. The SMILES string of the molecule is Cc1nn(C(C)C)cc1CNC(c1nccn1C)C1CCOCC1. The van der Waals surface area contributed by atoms with Gasteiger partial charge in [-0.25, -0.2) is 4.98 Å². The van der Waals surface area contributed by atoms with Gasteiger partial charge in [0.25, 0.3) is 0 Å². The number of hydrogen-bond donors (Lipinski definition) is 1. The number of aromatic nitrogens is 4. The van der Waals surface area contributed by atoms with Gasteiger partial charge >= 0.3 is 0 Å². The van der Waals surface area contributed by atoms with Crippen LogP contribution in [0.5, 0.6) is 0 Å². The van der Waals surface area contributed by atoms with Crippen LogP contribution in [-0.4, -0.2) is 32.5 Å². The number of nitrogens with zero attached hydrogens (tertiary/aromatic N) is 4. The minimum atomic E-state index is 0.246. The summed E-state index contributed by atoms with van der Waals surface area (Å²) in [7, 11) is 2.07. The van der Waals surface area contributed by atoms with Gasteiger partial charge in [-0.15, -0.1) is 0 Å². The molecule has 3 rings (SSSR count). The van der Waals surface area contributed by atoms with Crippen LogP contribution in [0.3, 0.4) is 0 Å². The second-order valence-corrected chi connectivity index (χ2v) is 7.02. The molecule has 1 unspecified atom stereocenters. The van der Waals surface area contributed by atoms with Crippen LogP contribution in [0.1, 0.15) is 55.9 Å². The number of aryl methyl sites for hydroxylation is 2. The number of hydrogen-bond acceptors (Lipinski definition) is 4. The first kappa shape index (κ1) is 17.2. The average Bonchev–Trinajstić information content (AvgIpc) is 3.15. The summed E-state index contributed by atoms with van der Waals surface area (Å²) in [6, 6.07) is 0.633. The number of imidazole rings is 1. The van der Waals surface area contributed by atoms with Crippen LogP contribution >= 0.6 is 0 Å². The van der Waals surface area contributed by atoms with Crippen molar-refractivity contribution in [2.24, 2.45) is 13.0 Å². The summed E-state index contributed by atoms with van der Waals surface area (Å²) >= 11 is 0. The maximum atomic E-state index is 5.54. The van der Waals surface area contributed by atoms with Gasteiger partial charge in [-0.2, -0.15) is 5.10 Å². The Labute approximate surface area is 144 Å². The third kappa shape index (κ3) is 3.70. The molecule has 1 saturated heterocycles. The van der Waals surface area contributed by atoms with Crippen LogP contribution in [0.2, 0.25) is 0 Å². The standard InChI is InChI=1S/C18H29N5O/c1-13(2)23-12-16(14(3)21-23)11-20-17(15-5-9-24-10-6-15)18-19-7-8-22(18)4/h7-8,12-13,15,17,20H,5-6,9-11H2,1-4H3. The predicted molar refractivity (Wildman–Crippen MR) is 93.7 cm³/mol. The highest BCUT2D eigenvalue weighted by molar-refractivity contribution is 5.16. The molecule has 3 heterocycles. The Morgan fingerprint density at radius 2 is 2.08 bits per heavy atom. The van der Waals surface area contributed by atoms with Crippen molar-refractivity contribution >= 4 is 0 Å². The Morgan fingerprint density at radius 3 is 2.67 bits per heavy atom. The first-order chi connectivity index (χ1) is 11.6. The largest absolute Gasteiger partial charge is 0.381 e. The molecule has 1 N–H and O–H groups in total. The van der Waals surface area contributed by atoms with Gasteiger partial charge in [-0.1, -0.05) is 0 Å². The minimum Gasteiger partial charge on any atom is -0.381 e. The van der Waals surface area contributed by atoms with Crippen molar-refractivity contribution in [1.29, 1.82) is 0 Å². The second-order valence-electron chi connectivity index (χ2n) is 7.02. The first-order valence-electron chi connectivity index (χ1n) is 8.89. The van der Waals surface area contributed by atoms with Crippen LogP contribution in [0, 0.1) is 12.8 Å². The van der Waals surface area contributed by atoms with Crippen molar-refractivity contribution in [1.82, 2.24) is 24.6 Å². The summed E-state index contributed by atoms with van der Waals surface area (Å²) in [4.78, 5) is 4.60. The van der Waals surface area contributed by atoms with Crippen LogP contribution in [0.15, 0.2) is 18.6 Å². The highest BCUT2D eigenvalue weighted by Gasteiger charge is 2.28. The number of rotatable bonds is 6. The zero-order valence-corrected chi connectivity index (χ0v) is 15.2. The zero-order chi connectivity index (χ0) is 17.1. The van der Waals surface area contributed by atoms with E-state index in [1.165, 1.54) is 5.56 Å². The van der Waals surface area contributed by atoms with Crippen molar-refractivity contribution < 1.29 is 4.74 Å². The third-order valence-corrected chi connectivity index (χ3v) is 4.93. The highest BCUT2D eigenvalue weighted by Crippen LogP contribution is 2.29. The van der Waals surface area contributed by atoms with Gasteiger partial charge in [0.1, 0.15) is 5.82 Å². The topological polar surface area (TPSA) is 56.9 Å². The summed E-state index contributed by atoms with van der Waals surface area (Å²) in [6.07, 6.45) is 8.22. The Kier molecular flexibility index (Phi) is 5.36. The molecular formula is C18H29N5O. The number of ether oxygens (including phenoxy) is 1. The average molecular weight is 331 g/mol. The molecule has 0 amide bonds. The molecule has 24 heavy (non-hydrogen) atoms. The lowest BCUT2D eigenvalue weighted by molar-refractivity contribution is 0.0518. The van der Waals surface area contributed by atoms with E-state index in [0.717, 1.165) is 44.1 Å². The highest BCUT2D eigenvalue weighted by atomic mass is 16.5. The van der Waals surface area contributed by atoms with Gasteiger partial charge in [-0.3, -0.25) is 4.68 Å². The van der Waals surface area contributed by atoms with Crippen molar-refractivity contribution in [3.05, 3.63) is 35.7 Å². The molecule has 6 heteroatoms. The van der Waals surface area contributed by atoms with Crippen molar-refractivity contribution in [3.8, 4) is 0 Å². The summed E-state index contributed by atoms with van der Waals surface area (Å²) in [5.74, 6) is 1.66. The molecule has 0 bridgehead atoms. The van der Waals surface area contributed by atoms with E-state index in [-0.39, 0.29) is 6.04 Å². The lowest BCUT2D eigenvalue weighted by Gasteiger charge is -2.30. The van der Waals surface area contributed by atoms with Crippen LogP contribution in [-0.2, 0) is 18.3 Å².